The van der Waals surface area contributed by atoms with Crippen molar-refractivity contribution in [2.75, 3.05) is 5.32 Å². The molecule has 0 aliphatic rings. The maximum absolute atomic E-state index is 12.9. The van der Waals surface area contributed by atoms with E-state index in [0.717, 1.165) is 17.7 Å². The number of carbonyl (C=O) groups excluding carboxylic acids is 1. The monoisotopic (exact) mass is 500 g/mol. The second-order valence-corrected chi connectivity index (χ2v) is 9.87. The van der Waals surface area contributed by atoms with Crippen molar-refractivity contribution in [2.24, 2.45) is 0 Å². The molecule has 180 valence electrons. The zero-order valence-electron chi connectivity index (χ0n) is 20.0. The normalized spacial score (nSPS) is 11.4. The van der Waals surface area contributed by atoms with Crippen LogP contribution in [0.2, 0.25) is 10.0 Å². The Morgan fingerprint density at radius 1 is 1.03 bits per heavy atom. The molecule has 0 aliphatic heterocycles. The van der Waals surface area contributed by atoms with E-state index in [2.05, 4.69) is 18.3 Å². The molecule has 0 saturated carbocycles. The number of hydrogen-bond acceptors (Lipinski definition) is 4. The van der Waals surface area contributed by atoms with Gasteiger partial charge in [-0.15, -0.1) is 0 Å². The third-order valence-corrected chi connectivity index (χ3v) is 5.96. The molecular weight excluding hydrogens is 471 g/mol. The van der Waals surface area contributed by atoms with Gasteiger partial charge in [-0.3, -0.25) is 4.79 Å². The molecule has 0 atom stereocenters. The predicted molar refractivity (Wildman–Crippen MR) is 139 cm³/mol. The van der Waals surface area contributed by atoms with Crippen molar-refractivity contribution in [3.05, 3.63) is 97.4 Å². The van der Waals surface area contributed by atoms with Gasteiger partial charge in [0.25, 0.3) is 5.56 Å². The highest BCUT2D eigenvalue weighted by molar-refractivity contribution is 6.34. The lowest BCUT2D eigenvalue weighted by atomic mass is 10.1. The zero-order chi connectivity index (χ0) is 24.9. The van der Waals surface area contributed by atoms with Crippen LogP contribution in [0.15, 0.2) is 59.4 Å². The summed E-state index contributed by atoms with van der Waals surface area (Å²) in [6.07, 6.45) is 1.47. The molecule has 0 saturated heterocycles. The first-order valence-corrected chi connectivity index (χ1v) is 12.1. The van der Waals surface area contributed by atoms with Gasteiger partial charge in [0.2, 0.25) is 0 Å². The average Bonchev–Trinajstić information content (AvgIpc) is 2.79. The first kappa shape index (κ1) is 25.9. The molecular formula is C27H30Cl2N2O3. The number of aryl methyl sites for hydroxylation is 2. The summed E-state index contributed by atoms with van der Waals surface area (Å²) in [6.45, 7) is 8.39. The highest BCUT2D eigenvalue weighted by Gasteiger charge is 2.18. The second kappa shape index (κ2) is 11.1. The van der Waals surface area contributed by atoms with Gasteiger partial charge in [-0.1, -0.05) is 60.5 Å². The largest absolute Gasteiger partial charge is 0.456 e. The summed E-state index contributed by atoms with van der Waals surface area (Å²) in [6, 6.07) is 16.8. The lowest BCUT2D eigenvalue weighted by Gasteiger charge is -2.19. The Bertz CT molecular complexity index is 1210. The van der Waals surface area contributed by atoms with E-state index in [9.17, 15) is 9.59 Å². The number of para-hydroxylation sites is 1. The molecule has 7 heteroatoms. The van der Waals surface area contributed by atoms with Crippen LogP contribution in [0.1, 0.15) is 54.9 Å². The minimum Gasteiger partial charge on any atom is -0.456 e. The number of pyridine rings is 1. The van der Waals surface area contributed by atoms with Crippen molar-refractivity contribution >= 4 is 34.9 Å². The number of ether oxygens (including phenoxy) is 1. The molecule has 34 heavy (non-hydrogen) atoms. The molecule has 0 radical (unpaired) electrons. The smallest absolute Gasteiger partial charge is 0.338 e. The zero-order valence-corrected chi connectivity index (χ0v) is 21.5. The Kier molecular flexibility index (Phi) is 8.45. The summed E-state index contributed by atoms with van der Waals surface area (Å²) < 4.78 is 7.03. The molecule has 3 rings (SSSR count). The van der Waals surface area contributed by atoms with Crippen molar-refractivity contribution in [2.45, 2.75) is 59.2 Å². The third-order valence-electron chi connectivity index (χ3n) is 5.36. The first-order valence-electron chi connectivity index (χ1n) is 11.3. The van der Waals surface area contributed by atoms with Gasteiger partial charge >= 0.3 is 5.97 Å². The molecule has 1 heterocycles. The standard InChI is InChI=1S/C27H30Cl2N2O3/c1-5-19-8-6-7-9-23(19)30-17-24-21(28)16-22(29)25(32)31(24)15-14-18-10-12-20(13-11-18)26(33)34-27(2,3)4/h6-13,16,30H,5,14-15,17H2,1-4H3. The van der Waals surface area contributed by atoms with E-state index in [0.29, 0.717) is 35.8 Å². The Hall–Kier alpha value is -2.76. The van der Waals surface area contributed by atoms with Crippen LogP contribution in [-0.2, 0) is 30.7 Å². The molecule has 5 nitrogen and oxygen atoms in total. The lowest BCUT2D eigenvalue weighted by Crippen LogP contribution is -2.26. The molecule has 3 aromatic rings. The van der Waals surface area contributed by atoms with E-state index in [4.69, 9.17) is 27.9 Å². The fraction of sp³-hybridized carbons (Fsp3) is 0.333. The van der Waals surface area contributed by atoms with E-state index in [-0.39, 0.29) is 16.6 Å². The quantitative estimate of drug-likeness (QED) is 0.357. The highest BCUT2D eigenvalue weighted by Crippen LogP contribution is 2.22. The minimum atomic E-state index is -0.551. The SMILES string of the molecule is CCc1ccccc1NCc1c(Cl)cc(Cl)c(=O)n1CCc1ccc(C(=O)OC(C)(C)C)cc1. The van der Waals surface area contributed by atoms with E-state index in [1.807, 2.05) is 51.1 Å². The number of hydrogen-bond donors (Lipinski definition) is 1. The Labute approximate surface area is 210 Å². The van der Waals surface area contributed by atoms with Crippen molar-refractivity contribution in [1.29, 1.82) is 0 Å². The third kappa shape index (κ3) is 6.64. The van der Waals surface area contributed by atoms with Crippen molar-refractivity contribution in [3.63, 3.8) is 0 Å². The van der Waals surface area contributed by atoms with Gasteiger partial charge in [-0.25, -0.2) is 4.79 Å². The molecule has 0 aliphatic carbocycles. The van der Waals surface area contributed by atoms with Crippen molar-refractivity contribution in [1.82, 2.24) is 4.57 Å². The summed E-state index contributed by atoms with van der Waals surface area (Å²) in [7, 11) is 0. The van der Waals surface area contributed by atoms with Crippen molar-refractivity contribution in [3.8, 4) is 0 Å². The Balaban J connectivity index is 1.78. The number of esters is 1. The highest BCUT2D eigenvalue weighted by atomic mass is 35.5. The molecule has 1 N–H and O–H groups in total. The van der Waals surface area contributed by atoms with Gasteiger partial charge in [0.1, 0.15) is 10.6 Å². The van der Waals surface area contributed by atoms with E-state index in [1.54, 1.807) is 16.7 Å². The maximum Gasteiger partial charge on any atom is 0.338 e. The number of anilines is 1. The van der Waals surface area contributed by atoms with Gasteiger partial charge in [-0.05, 0) is 69.0 Å². The van der Waals surface area contributed by atoms with Gasteiger partial charge in [-0.2, -0.15) is 0 Å². The van der Waals surface area contributed by atoms with Gasteiger partial charge in [0, 0.05) is 12.2 Å². The number of nitrogens with zero attached hydrogens (tertiary/aromatic N) is 1. The van der Waals surface area contributed by atoms with Crippen LogP contribution < -0.4 is 10.9 Å². The Morgan fingerprint density at radius 3 is 2.35 bits per heavy atom. The molecule has 0 bridgehead atoms. The minimum absolute atomic E-state index is 0.0861. The van der Waals surface area contributed by atoms with Gasteiger partial charge in [0.15, 0.2) is 0 Å². The number of nitrogens with one attached hydrogen (secondary N) is 1. The van der Waals surface area contributed by atoms with Crippen LogP contribution in [0.5, 0.6) is 0 Å². The van der Waals surface area contributed by atoms with Crippen LogP contribution in [0.4, 0.5) is 5.69 Å². The predicted octanol–water partition coefficient (Wildman–Crippen LogP) is 6.53. The number of aromatic nitrogens is 1. The van der Waals surface area contributed by atoms with Crippen LogP contribution in [0.25, 0.3) is 0 Å². The fourth-order valence-corrected chi connectivity index (χ4v) is 4.16. The number of halogens is 2. The number of carbonyl (C=O) groups is 1. The number of benzene rings is 2. The van der Waals surface area contributed by atoms with Crippen molar-refractivity contribution < 1.29 is 9.53 Å². The molecule has 0 spiro atoms. The van der Waals surface area contributed by atoms with E-state index in [1.165, 1.54) is 11.6 Å². The van der Waals surface area contributed by atoms with Crippen LogP contribution in [0.3, 0.4) is 0 Å². The topological polar surface area (TPSA) is 60.3 Å². The molecule has 0 unspecified atom stereocenters. The number of rotatable bonds is 8. The summed E-state index contributed by atoms with van der Waals surface area (Å²) in [5, 5.41) is 3.93. The van der Waals surface area contributed by atoms with Crippen LogP contribution >= 0.6 is 23.2 Å². The van der Waals surface area contributed by atoms with Crippen LogP contribution in [-0.4, -0.2) is 16.1 Å². The summed E-state index contributed by atoms with van der Waals surface area (Å²) in [5.74, 6) is -0.363. The summed E-state index contributed by atoms with van der Waals surface area (Å²) in [4.78, 5) is 25.1. The fourth-order valence-electron chi connectivity index (χ4n) is 3.62. The first-order chi connectivity index (χ1) is 16.1. The van der Waals surface area contributed by atoms with Crippen LogP contribution in [0, 0.1) is 0 Å². The van der Waals surface area contributed by atoms with E-state index >= 15 is 0 Å². The summed E-state index contributed by atoms with van der Waals surface area (Å²) >= 11 is 12.7. The summed E-state index contributed by atoms with van der Waals surface area (Å²) in [5.41, 5.74) is 3.50. The molecule has 2 aromatic carbocycles. The second-order valence-electron chi connectivity index (χ2n) is 9.06. The van der Waals surface area contributed by atoms with E-state index < -0.39 is 5.60 Å². The molecule has 0 fully saturated rings. The Morgan fingerprint density at radius 2 is 1.71 bits per heavy atom. The molecule has 0 amide bonds. The molecule has 1 aromatic heterocycles. The maximum atomic E-state index is 12.9. The van der Waals surface area contributed by atoms with Gasteiger partial charge < -0.3 is 14.6 Å². The van der Waals surface area contributed by atoms with Gasteiger partial charge in [0.05, 0.1) is 22.8 Å². The lowest BCUT2D eigenvalue weighted by molar-refractivity contribution is 0.00695. The average molecular weight is 501 g/mol.